The van der Waals surface area contributed by atoms with Crippen molar-refractivity contribution < 1.29 is 86.6 Å². The lowest BCUT2D eigenvalue weighted by Crippen LogP contribution is -2.53. The molecular formula is C48H45N6O17S+. The third-order valence-corrected chi connectivity index (χ3v) is 12.5. The van der Waals surface area contributed by atoms with E-state index in [0.29, 0.717) is 16.3 Å². The van der Waals surface area contributed by atoms with Crippen molar-refractivity contribution in [2.45, 2.75) is 29.6 Å². The Morgan fingerprint density at radius 2 is 1.08 bits per heavy atom. The third kappa shape index (κ3) is 11.0. The van der Waals surface area contributed by atoms with Crippen molar-refractivity contribution in [2.75, 3.05) is 38.8 Å². The molecule has 374 valence electrons. The highest BCUT2D eigenvalue weighted by Gasteiger charge is 2.36. The summed E-state index contributed by atoms with van der Waals surface area (Å²) in [5.41, 5.74) is -0.702. The summed E-state index contributed by atoms with van der Waals surface area (Å²) < 4.78 is 47.1. The summed E-state index contributed by atoms with van der Waals surface area (Å²) in [4.78, 5) is 83.4. The van der Waals surface area contributed by atoms with Crippen LogP contribution in [0.25, 0.3) is 16.5 Å². The number of rotatable bonds is 12. The quantitative estimate of drug-likeness (QED) is 0.0357. The number of hydrogen-bond donors (Lipinski definition) is 10. The van der Waals surface area contributed by atoms with Gasteiger partial charge in [-0.2, -0.15) is 4.57 Å². The van der Waals surface area contributed by atoms with Gasteiger partial charge in [0.2, 0.25) is 15.7 Å². The van der Waals surface area contributed by atoms with Crippen LogP contribution >= 0.6 is 0 Å². The predicted octanol–water partition coefficient (Wildman–Crippen LogP) is 1.23. The van der Waals surface area contributed by atoms with Crippen molar-refractivity contribution in [3.63, 3.8) is 0 Å². The van der Waals surface area contributed by atoms with Crippen LogP contribution in [0.15, 0.2) is 114 Å². The van der Waals surface area contributed by atoms with Crippen LogP contribution in [0.5, 0.6) is 34.5 Å². The van der Waals surface area contributed by atoms with Gasteiger partial charge in [-0.3, -0.25) is 14.4 Å². The Bertz CT molecular complexity index is 3190. The molecule has 10 N–H and O–H groups in total. The standard InChI is InChI=1S/C48H44N6O17S/c1-53(2)33-13-3-10-27-26(33)9-6-16-38(27)72(67,68)49-20-25-8-7-19-54(21-25)34-17-18-37(57)42(60)39(34)45(63)52-32-24-71-47(65)30(50-43(61)28-11-4-14-35(55)40(28)58)22-69-46(64)31(23-70-48(32)66)51-44(62)29-12-5-15-36(56)41(29)59/h3-19,21,30-32,49H,20,22-24H2,1-2H3,(H8-,50,51,52,55,56,57,58,59,60,61,62,63)/p+1. The average Bonchev–Trinajstić information content (AvgIpc) is 3.35. The minimum atomic E-state index is -4.13. The number of fused-ring (bicyclic) bond motifs is 1. The number of phenols is 6. The summed E-state index contributed by atoms with van der Waals surface area (Å²) in [5, 5.41) is 70.0. The fraction of sp³-hybridized carbons (Fsp3) is 0.188. The van der Waals surface area contributed by atoms with Gasteiger partial charge in [0.05, 0.1) is 16.0 Å². The van der Waals surface area contributed by atoms with Gasteiger partial charge in [0.1, 0.15) is 19.8 Å². The Morgan fingerprint density at radius 1 is 0.597 bits per heavy atom. The van der Waals surface area contributed by atoms with Crippen molar-refractivity contribution in [2.24, 2.45) is 0 Å². The summed E-state index contributed by atoms with van der Waals surface area (Å²) >= 11 is 0. The molecule has 6 aromatic rings. The molecule has 0 radical (unpaired) electrons. The monoisotopic (exact) mass is 1010 g/mol. The summed E-state index contributed by atoms with van der Waals surface area (Å²) in [7, 11) is -0.467. The van der Waals surface area contributed by atoms with Gasteiger partial charge < -0.3 is 65.7 Å². The first-order valence-electron chi connectivity index (χ1n) is 21.4. The maximum absolute atomic E-state index is 14.2. The van der Waals surface area contributed by atoms with Gasteiger partial charge in [0.15, 0.2) is 70.6 Å². The molecule has 0 saturated carbocycles. The first-order valence-corrected chi connectivity index (χ1v) is 22.9. The lowest BCUT2D eigenvalue weighted by atomic mass is 10.1. The molecule has 1 saturated heterocycles. The number of phenolic OH excluding ortho intramolecular Hbond substituents is 6. The number of nitrogens with one attached hydrogen (secondary N) is 4. The molecular weight excluding hydrogens is 965 g/mol. The lowest BCUT2D eigenvalue weighted by molar-refractivity contribution is -0.596. The topological polar surface area (TPSA) is 341 Å². The number of carbonyl (C=O) groups is 6. The molecule has 24 heteroatoms. The molecule has 5 aromatic carbocycles. The molecule has 3 amide bonds. The van der Waals surface area contributed by atoms with Gasteiger partial charge in [-0.15, -0.1) is 0 Å². The van der Waals surface area contributed by atoms with E-state index < -0.39 is 135 Å². The first kappa shape index (κ1) is 50.7. The highest BCUT2D eigenvalue weighted by molar-refractivity contribution is 7.89. The van der Waals surface area contributed by atoms with Crippen molar-refractivity contribution in [1.29, 1.82) is 0 Å². The van der Waals surface area contributed by atoms with E-state index in [1.165, 1.54) is 47.3 Å². The number of aromatic nitrogens is 1. The van der Waals surface area contributed by atoms with E-state index in [0.717, 1.165) is 36.0 Å². The minimum absolute atomic E-state index is 0.0218. The normalized spacial score (nSPS) is 16.5. The number of nitrogens with zero attached hydrogens (tertiary/aromatic N) is 2. The maximum atomic E-state index is 14.2. The second-order valence-electron chi connectivity index (χ2n) is 16.1. The molecule has 3 unspecified atom stereocenters. The van der Waals surface area contributed by atoms with Crippen molar-refractivity contribution in [1.82, 2.24) is 20.7 Å². The largest absolute Gasteiger partial charge is 0.504 e. The summed E-state index contributed by atoms with van der Waals surface area (Å²) in [6.45, 7) is -3.39. The highest BCUT2D eigenvalue weighted by Crippen LogP contribution is 2.33. The number of hydrogen-bond acceptors (Lipinski definition) is 18. The first-order chi connectivity index (χ1) is 34.2. The van der Waals surface area contributed by atoms with E-state index in [2.05, 4.69) is 20.7 Å². The number of cyclic esters (lactones) is 3. The SMILES string of the molecule is CN(C)c1cccc2c(S(=O)(=O)NCc3ccc[n+](-c4ccc(O)c(O)c4C(=O)NC4COC(=O)C(NC(=O)c5cccc(O)c5O)COC(=O)C(NC(=O)c5cccc(O)c5O)COC4=O)c3)cccc12. The Hall–Kier alpha value is -9.16. The Balaban J connectivity index is 1.16. The van der Waals surface area contributed by atoms with Crippen LogP contribution in [-0.2, 0) is 45.2 Å². The van der Waals surface area contributed by atoms with Crippen molar-refractivity contribution in [3.8, 4) is 40.2 Å². The number of ether oxygens (including phenoxy) is 3. The smallest absolute Gasteiger partial charge is 0.332 e. The summed E-state index contributed by atoms with van der Waals surface area (Å²) in [5.74, 6) is -12.8. The summed E-state index contributed by atoms with van der Waals surface area (Å²) in [6.07, 6.45) is 2.84. The summed E-state index contributed by atoms with van der Waals surface area (Å²) in [6, 6.07) is 16.3. The Morgan fingerprint density at radius 3 is 1.62 bits per heavy atom. The second-order valence-corrected chi connectivity index (χ2v) is 17.8. The molecule has 1 aromatic heterocycles. The molecule has 2 heterocycles. The molecule has 0 spiro atoms. The van der Waals surface area contributed by atoms with Crippen LogP contribution in [0.4, 0.5) is 5.69 Å². The fourth-order valence-electron chi connectivity index (χ4n) is 7.37. The van der Waals surface area contributed by atoms with Crippen LogP contribution < -0.4 is 30.1 Å². The van der Waals surface area contributed by atoms with Crippen LogP contribution in [0.2, 0.25) is 0 Å². The molecule has 0 aliphatic carbocycles. The number of amides is 3. The zero-order valence-corrected chi connectivity index (χ0v) is 38.7. The van der Waals surface area contributed by atoms with Gasteiger partial charge >= 0.3 is 17.9 Å². The molecule has 1 aliphatic heterocycles. The second kappa shape index (κ2) is 21.2. The number of para-hydroxylation sites is 2. The maximum Gasteiger partial charge on any atom is 0.332 e. The number of pyridine rings is 1. The minimum Gasteiger partial charge on any atom is -0.504 e. The van der Waals surface area contributed by atoms with E-state index in [4.69, 9.17) is 14.2 Å². The Labute approximate surface area is 408 Å². The molecule has 72 heavy (non-hydrogen) atoms. The fourth-order valence-corrected chi connectivity index (χ4v) is 8.60. The third-order valence-electron chi connectivity index (χ3n) is 11.1. The molecule has 23 nitrogen and oxygen atoms in total. The number of carbonyl (C=O) groups excluding carboxylic acids is 6. The van der Waals surface area contributed by atoms with Crippen LogP contribution in [0, 0.1) is 0 Å². The number of esters is 3. The lowest BCUT2D eigenvalue weighted by Gasteiger charge is -2.25. The van der Waals surface area contributed by atoms with E-state index in [-0.39, 0.29) is 17.1 Å². The van der Waals surface area contributed by atoms with Gasteiger partial charge in [0, 0.05) is 54.8 Å². The van der Waals surface area contributed by atoms with Crippen LogP contribution in [0.1, 0.15) is 36.6 Å². The van der Waals surface area contributed by atoms with Gasteiger partial charge in [0.25, 0.3) is 17.7 Å². The molecule has 1 aliphatic rings. The average molecular weight is 1010 g/mol. The highest BCUT2D eigenvalue weighted by atomic mass is 32.2. The van der Waals surface area contributed by atoms with Crippen LogP contribution in [0.3, 0.4) is 0 Å². The van der Waals surface area contributed by atoms with E-state index >= 15 is 0 Å². The van der Waals surface area contributed by atoms with Crippen molar-refractivity contribution >= 4 is 62.1 Å². The van der Waals surface area contributed by atoms with Gasteiger partial charge in [-0.25, -0.2) is 27.5 Å². The van der Waals surface area contributed by atoms with Gasteiger partial charge in [-0.1, -0.05) is 36.4 Å². The number of sulfonamides is 1. The van der Waals surface area contributed by atoms with Crippen LogP contribution in [-0.4, -0.2) is 127 Å². The Kier molecular flexibility index (Phi) is 15.0. The predicted molar refractivity (Wildman–Crippen MR) is 250 cm³/mol. The zero-order valence-electron chi connectivity index (χ0n) is 37.9. The zero-order chi connectivity index (χ0) is 52.0. The van der Waals surface area contributed by atoms with E-state index in [9.17, 15) is 67.8 Å². The molecule has 1 fully saturated rings. The van der Waals surface area contributed by atoms with E-state index in [1.54, 1.807) is 30.3 Å². The van der Waals surface area contributed by atoms with Crippen molar-refractivity contribution in [3.05, 3.63) is 132 Å². The number of anilines is 1. The van der Waals surface area contributed by atoms with E-state index in [1.807, 2.05) is 25.1 Å². The molecule has 0 bridgehead atoms. The number of aromatic hydroxyl groups is 6. The molecule has 7 rings (SSSR count). The number of benzene rings is 5. The molecule has 3 atom stereocenters. The van der Waals surface area contributed by atoms with Gasteiger partial charge in [-0.05, 0) is 48.5 Å².